The quantitative estimate of drug-likeness (QED) is 0.610. The second-order valence-corrected chi connectivity index (χ2v) is 8.40. The Kier molecular flexibility index (Phi) is 6.82. The second kappa shape index (κ2) is 9.31. The molecule has 0 atom stereocenters. The summed E-state index contributed by atoms with van der Waals surface area (Å²) in [6.45, 7) is 4.19. The van der Waals surface area contributed by atoms with Crippen LogP contribution in [0.2, 0.25) is 0 Å². The molecule has 3 nitrogen and oxygen atoms in total. The molecule has 0 aliphatic heterocycles. The van der Waals surface area contributed by atoms with Crippen LogP contribution in [0.15, 0.2) is 30.3 Å². The summed E-state index contributed by atoms with van der Waals surface area (Å²) in [5.41, 5.74) is 2.68. The third kappa shape index (κ3) is 4.98. The molecule has 3 rings (SSSR count). The molecule has 1 aliphatic carbocycles. The van der Waals surface area contributed by atoms with Crippen molar-refractivity contribution in [3.05, 3.63) is 53.1 Å². The number of carbonyl (C=O) groups is 1. The molecule has 0 spiro atoms. The molecule has 0 unspecified atom stereocenters. The van der Waals surface area contributed by atoms with E-state index in [1.54, 1.807) is 24.3 Å². The van der Waals surface area contributed by atoms with Crippen molar-refractivity contribution >= 4 is 5.97 Å². The second-order valence-electron chi connectivity index (χ2n) is 8.40. The van der Waals surface area contributed by atoms with Gasteiger partial charge < -0.3 is 5.11 Å². The van der Waals surface area contributed by atoms with Crippen molar-refractivity contribution in [2.24, 2.45) is 11.8 Å². The molecule has 1 fully saturated rings. The average Bonchev–Trinajstić information content (AvgIpc) is 2.67. The zero-order valence-corrected chi connectivity index (χ0v) is 16.9. The lowest BCUT2D eigenvalue weighted by atomic mass is 9.85. The van der Waals surface area contributed by atoms with Gasteiger partial charge in [-0.15, -0.1) is 0 Å². The van der Waals surface area contributed by atoms with Crippen LogP contribution in [0.25, 0.3) is 11.1 Å². The summed E-state index contributed by atoms with van der Waals surface area (Å²) in [6, 6.07) is 8.16. The van der Waals surface area contributed by atoms with Gasteiger partial charge in [-0.2, -0.15) is 0 Å². The summed E-state index contributed by atoms with van der Waals surface area (Å²) in [4.78, 5) is 16.7. The van der Waals surface area contributed by atoms with Gasteiger partial charge in [0.2, 0.25) is 0 Å². The molecule has 0 bridgehead atoms. The Balaban J connectivity index is 1.99. The van der Waals surface area contributed by atoms with E-state index in [1.165, 1.54) is 38.2 Å². The molecule has 1 heterocycles. The third-order valence-corrected chi connectivity index (χ3v) is 5.69. The number of aryl methyl sites for hydroxylation is 1. The first-order chi connectivity index (χ1) is 13.5. The smallest absolute Gasteiger partial charge is 0.337 e. The highest BCUT2D eigenvalue weighted by Crippen LogP contribution is 2.31. The number of carboxylic acids is 1. The van der Waals surface area contributed by atoms with Gasteiger partial charge in [-0.3, -0.25) is 4.98 Å². The number of rotatable bonds is 7. The van der Waals surface area contributed by atoms with Gasteiger partial charge in [0, 0.05) is 16.8 Å². The van der Waals surface area contributed by atoms with Crippen molar-refractivity contribution in [2.75, 3.05) is 0 Å². The number of aromatic nitrogens is 1. The number of hydrogen-bond acceptors (Lipinski definition) is 2. The van der Waals surface area contributed by atoms with Crippen molar-refractivity contribution in [3.63, 3.8) is 0 Å². The number of hydrogen-bond donors (Lipinski definition) is 1. The van der Waals surface area contributed by atoms with Crippen molar-refractivity contribution in [1.82, 2.24) is 4.98 Å². The van der Waals surface area contributed by atoms with Gasteiger partial charge in [0.05, 0.1) is 11.3 Å². The highest BCUT2D eigenvalue weighted by Gasteiger charge is 2.21. The fourth-order valence-electron chi connectivity index (χ4n) is 4.24. The molecule has 0 radical (unpaired) electrons. The molecule has 1 aromatic carbocycles. The minimum Gasteiger partial charge on any atom is -0.478 e. The molecule has 1 N–H and O–H groups in total. The maximum atomic E-state index is 14.4. The first-order valence-corrected chi connectivity index (χ1v) is 10.5. The van der Waals surface area contributed by atoms with E-state index in [-0.39, 0.29) is 11.4 Å². The maximum Gasteiger partial charge on any atom is 0.337 e. The van der Waals surface area contributed by atoms with Gasteiger partial charge in [-0.1, -0.05) is 64.2 Å². The van der Waals surface area contributed by atoms with Gasteiger partial charge in [-0.05, 0) is 43.2 Å². The van der Waals surface area contributed by atoms with E-state index in [9.17, 15) is 14.3 Å². The van der Waals surface area contributed by atoms with Gasteiger partial charge in [0.25, 0.3) is 0 Å². The predicted molar refractivity (Wildman–Crippen MR) is 110 cm³/mol. The lowest BCUT2D eigenvalue weighted by Gasteiger charge is -2.22. The van der Waals surface area contributed by atoms with E-state index in [4.69, 9.17) is 4.98 Å². The zero-order chi connectivity index (χ0) is 20.1. The Bertz CT molecular complexity index is 825. The molecular weight excluding hydrogens is 353 g/mol. The molecule has 1 aromatic heterocycles. The Morgan fingerprint density at radius 2 is 1.86 bits per heavy atom. The third-order valence-electron chi connectivity index (χ3n) is 5.69. The highest BCUT2D eigenvalue weighted by molar-refractivity contribution is 5.91. The molecule has 0 amide bonds. The topological polar surface area (TPSA) is 50.2 Å². The molecule has 2 aromatic rings. The van der Waals surface area contributed by atoms with Crippen molar-refractivity contribution < 1.29 is 14.3 Å². The van der Waals surface area contributed by atoms with Gasteiger partial charge in [0.1, 0.15) is 5.82 Å². The fraction of sp³-hybridized carbons (Fsp3) is 0.500. The molecule has 28 heavy (non-hydrogen) atoms. The van der Waals surface area contributed by atoms with Crippen LogP contribution in [0.1, 0.15) is 74.1 Å². The lowest BCUT2D eigenvalue weighted by Crippen LogP contribution is -2.13. The normalized spacial score (nSPS) is 15.1. The molecule has 1 saturated carbocycles. The minimum absolute atomic E-state index is 0.210. The Hall–Kier alpha value is -2.23. The van der Waals surface area contributed by atoms with Crippen LogP contribution in [0, 0.1) is 17.7 Å². The summed E-state index contributed by atoms with van der Waals surface area (Å²) in [5.74, 6) is -0.322. The monoisotopic (exact) mass is 383 g/mol. The Morgan fingerprint density at radius 3 is 2.50 bits per heavy atom. The van der Waals surface area contributed by atoms with Crippen LogP contribution in [0.4, 0.5) is 4.39 Å². The van der Waals surface area contributed by atoms with Crippen LogP contribution in [0.5, 0.6) is 0 Å². The summed E-state index contributed by atoms with van der Waals surface area (Å²) in [6.07, 6.45) is 8.67. The van der Waals surface area contributed by atoms with Gasteiger partial charge in [-0.25, -0.2) is 9.18 Å². The van der Waals surface area contributed by atoms with Crippen LogP contribution in [-0.4, -0.2) is 16.1 Å². The number of benzene rings is 1. The summed E-state index contributed by atoms with van der Waals surface area (Å²) in [5, 5.41) is 9.78. The standard InChI is InChI=1S/C24H30FNO2/c1-16(2)14-23-19(18-10-6-7-11-21(18)25)15-20(24(27)28)22(26-23)13-12-17-8-4-3-5-9-17/h6-7,10-11,15-17H,3-5,8-9,12-14H2,1-2H3,(H,27,28). The Labute approximate surface area is 167 Å². The van der Waals surface area contributed by atoms with Gasteiger partial charge >= 0.3 is 5.97 Å². The highest BCUT2D eigenvalue weighted by atomic mass is 19.1. The number of aromatic carboxylic acids is 1. The van der Waals surface area contributed by atoms with Gasteiger partial charge in [0.15, 0.2) is 0 Å². The summed E-state index contributed by atoms with van der Waals surface area (Å²) >= 11 is 0. The van der Waals surface area contributed by atoms with Crippen LogP contribution in [0.3, 0.4) is 0 Å². The van der Waals surface area contributed by atoms with Crippen LogP contribution >= 0.6 is 0 Å². The maximum absolute atomic E-state index is 14.4. The minimum atomic E-state index is -0.986. The van der Waals surface area contributed by atoms with Crippen molar-refractivity contribution in [2.45, 2.75) is 65.2 Å². The number of carboxylic acid groups (broad SMARTS) is 1. The molecule has 4 heteroatoms. The zero-order valence-electron chi connectivity index (χ0n) is 16.9. The SMILES string of the molecule is CC(C)Cc1nc(CCC2CCCCC2)c(C(=O)O)cc1-c1ccccc1F. The largest absolute Gasteiger partial charge is 0.478 e. The van der Waals surface area contributed by atoms with Crippen LogP contribution in [-0.2, 0) is 12.8 Å². The van der Waals surface area contributed by atoms with E-state index in [2.05, 4.69) is 13.8 Å². The molecular formula is C24H30FNO2. The van der Waals surface area contributed by atoms with E-state index in [0.29, 0.717) is 41.5 Å². The van der Waals surface area contributed by atoms with Crippen molar-refractivity contribution in [3.8, 4) is 11.1 Å². The van der Waals surface area contributed by atoms with E-state index in [1.807, 2.05) is 0 Å². The molecule has 150 valence electrons. The number of halogens is 1. The Morgan fingerprint density at radius 1 is 1.14 bits per heavy atom. The number of pyridine rings is 1. The lowest BCUT2D eigenvalue weighted by molar-refractivity contribution is 0.0695. The summed E-state index contributed by atoms with van der Waals surface area (Å²) < 4.78 is 14.4. The fourth-order valence-corrected chi connectivity index (χ4v) is 4.24. The first-order valence-electron chi connectivity index (χ1n) is 10.5. The molecule has 1 aliphatic rings. The molecule has 0 saturated heterocycles. The van der Waals surface area contributed by atoms with E-state index in [0.717, 1.165) is 12.1 Å². The first kappa shape index (κ1) is 20.5. The average molecular weight is 384 g/mol. The van der Waals surface area contributed by atoms with Crippen molar-refractivity contribution in [1.29, 1.82) is 0 Å². The van der Waals surface area contributed by atoms with Crippen LogP contribution < -0.4 is 0 Å². The predicted octanol–water partition coefficient (Wildman–Crippen LogP) is 6.30. The van der Waals surface area contributed by atoms with E-state index < -0.39 is 5.97 Å². The van der Waals surface area contributed by atoms with E-state index >= 15 is 0 Å². The number of nitrogens with zero attached hydrogens (tertiary/aromatic N) is 1. The summed E-state index contributed by atoms with van der Waals surface area (Å²) in [7, 11) is 0.